The first kappa shape index (κ1) is 16.6. The van der Waals surface area contributed by atoms with Gasteiger partial charge in [-0.1, -0.05) is 30.3 Å². The van der Waals surface area contributed by atoms with Gasteiger partial charge in [0.1, 0.15) is 23.5 Å². The molecule has 3 nitrogen and oxygen atoms in total. The molecule has 1 aromatic heterocycles. The van der Waals surface area contributed by atoms with E-state index in [1.807, 2.05) is 6.07 Å². The highest BCUT2D eigenvalue weighted by molar-refractivity contribution is 5.84. The normalized spacial score (nSPS) is 10.4. The van der Waals surface area contributed by atoms with Gasteiger partial charge in [-0.15, -0.1) is 0 Å². The van der Waals surface area contributed by atoms with Gasteiger partial charge in [0, 0.05) is 17.3 Å². The second kappa shape index (κ2) is 6.70. The predicted molar refractivity (Wildman–Crippen MR) is 91.0 cm³/mol. The minimum absolute atomic E-state index is 0.00182. The third-order valence-corrected chi connectivity index (χ3v) is 4.06. The third-order valence-electron chi connectivity index (χ3n) is 4.06. The van der Waals surface area contributed by atoms with Crippen LogP contribution in [0.15, 0.2) is 48.8 Å². The van der Waals surface area contributed by atoms with E-state index in [4.69, 9.17) is 4.74 Å². The van der Waals surface area contributed by atoms with Crippen molar-refractivity contribution in [3.8, 4) is 34.1 Å². The van der Waals surface area contributed by atoms with Gasteiger partial charge in [-0.2, -0.15) is 5.26 Å². The summed E-state index contributed by atoms with van der Waals surface area (Å²) in [6.45, 7) is 1.65. The van der Waals surface area contributed by atoms with Crippen LogP contribution >= 0.6 is 0 Å². The smallest absolute Gasteiger partial charge is 0.149 e. The van der Waals surface area contributed by atoms with E-state index in [0.717, 1.165) is 6.20 Å². The zero-order chi connectivity index (χ0) is 18.0. The first-order valence-corrected chi connectivity index (χ1v) is 7.55. The number of nitrogens with zero attached hydrogens (tertiary/aromatic N) is 2. The average Bonchev–Trinajstić information content (AvgIpc) is 2.63. The van der Waals surface area contributed by atoms with Crippen molar-refractivity contribution in [3.63, 3.8) is 0 Å². The van der Waals surface area contributed by atoms with Gasteiger partial charge >= 0.3 is 0 Å². The molecule has 5 heteroatoms. The number of pyridine rings is 1. The van der Waals surface area contributed by atoms with E-state index in [1.165, 1.54) is 19.4 Å². The summed E-state index contributed by atoms with van der Waals surface area (Å²) in [6, 6.07) is 12.3. The van der Waals surface area contributed by atoms with Crippen molar-refractivity contribution >= 4 is 0 Å². The Balaban J connectivity index is 2.47. The van der Waals surface area contributed by atoms with Gasteiger partial charge in [0.2, 0.25) is 0 Å². The Labute approximate surface area is 144 Å². The molecule has 0 N–H and O–H groups in total. The molecule has 0 saturated carbocycles. The van der Waals surface area contributed by atoms with Crippen molar-refractivity contribution in [1.82, 2.24) is 4.98 Å². The molecule has 0 unspecified atom stereocenters. The molecule has 3 aromatic rings. The standard InChI is InChI=1S/C20H14F2N2O/c1-12-15(10-23)20(25-2)18(14-8-9-24-11-16(14)21)19(22)17(12)13-6-4-3-5-7-13/h3-9,11H,1-2H3. The fourth-order valence-electron chi connectivity index (χ4n) is 2.91. The lowest BCUT2D eigenvalue weighted by atomic mass is 9.90. The van der Waals surface area contributed by atoms with Crippen molar-refractivity contribution in [3.05, 3.63) is 71.6 Å². The number of halogens is 2. The van der Waals surface area contributed by atoms with Gasteiger partial charge in [-0.25, -0.2) is 8.78 Å². The Morgan fingerprint density at radius 3 is 2.40 bits per heavy atom. The fourth-order valence-corrected chi connectivity index (χ4v) is 2.91. The van der Waals surface area contributed by atoms with Crippen LogP contribution < -0.4 is 4.74 Å². The number of methoxy groups -OCH3 is 1. The molecule has 124 valence electrons. The lowest BCUT2D eigenvalue weighted by molar-refractivity contribution is 0.411. The maximum Gasteiger partial charge on any atom is 0.149 e. The Bertz CT molecular complexity index is 979. The van der Waals surface area contributed by atoms with Crippen molar-refractivity contribution in [1.29, 1.82) is 5.26 Å². The Hall–Kier alpha value is -3.26. The zero-order valence-electron chi connectivity index (χ0n) is 13.7. The zero-order valence-corrected chi connectivity index (χ0v) is 13.7. The molecule has 1 heterocycles. The SMILES string of the molecule is COc1c(C#N)c(C)c(-c2ccccc2)c(F)c1-c1ccncc1F. The van der Waals surface area contributed by atoms with Gasteiger partial charge in [-0.05, 0) is 24.1 Å². The van der Waals surface area contributed by atoms with Crippen LogP contribution in [-0.2, 0) is 0 Å². The van der Waals surface area contributed by atoms with E-state index in [-0.39, 0.29) is 28.0 Å². The summed E-state index contributed by atoms with van der Waals surface area (Å²) in [7, 11) is 1.33. The largest absolute Gasteiger partial charge is 0.495 e. The molecule has 0 aliphatic rings. The summed E-state index contributed by atoms with van der Waals surface area (Å²) >= 11 is 0. The highest BCUT2D eigenvalue weighted by Crippen LogP contribution is 2.43. The second-order valence-corrected chi connectivity index (χ2v) is 5.43. The van der Waals surface area contributed by atoms with Crippen LogP contribution in [0.5, 0.6) is 5.75 Å². The molecule has 25 heavy (non-hydrogen) atoms. The maximum absolute atomic E-state index is 15.5. The quantitative estimate of drug-likeness (QED) is 0.684. The summed E-state index contributed by atoms with van der Waals surface area (Å²) in [5, 5.41) is 9.57. The molecule has 0 aliphatic carbocycles. The molecular formula is C20H14F2N2O. The first-order valence-electron chi connectivity index (χ1n) is 7.55. The van der Waals surface area contributed by atoms with Crippen LogP contribution in [0.3, 0.4) is 0 Å². The molecule has 0 spiro atoms. The van der Waals surface area contributed by atoms with Crippen LogP contribution in [-0.4, -0.2) is 12.1 Å². The second-order valence-electron chi connectivity index (χ2n) is 5.43. The van der Waals surface area contributed by atoms with Crippen molar-refractivity contribution in [2.75, 3.05) is 7.11 Å². The van der Waals surface area contributed by atoms with E-state index < -0.39 is 11.6 Å². The molecule has 0 saturated heterocycles. The van der Waals surface area contributed by atoms with Crippen LogP contribution in [0.25, 0.3) is 22.3 Å². The van der Waals surface area contributed by atoms with Crippen LogP contribution in [0, 0.1) is 29.9 Å². The fraction of sp³-hybridized carbons (Fsp3) is 0.100. The molecule has 0 fully saturated rings. The summed E-state index contributed by atoms with van der Waals surface area (Å²) in [5.41, 5.74) is 1.40. The number of hydrogen-bond acceptors (Lipinski definition) is 3. The van der Waals surface area contributed by atoms with Crippen molar-refractivity contribution in [2.45, 2.75) is 6.92 Å². The topological polar surface area (TPSA) is 45.9 Å². The Morgan fingerprint density at radius 2 is 1.80 bits per heavy atom. The minimum Gasteiger partial charge on any atom is -0.495 e. The van der Waals surface area contributed by atoms with E-state index >= 15 is 4.39 Å². The van der Waals surface area contributed by atoms with E-state index in [2.05, 4.69) is 11.1 Å². The summed E-state index contributed by atoms with van der Waals surface area (Å²) in [4.78, 5) is 3.69. The average molecular weight is 336 g/mol. The van der Waals surface area contributed by atoms with Crippen LogP contribution in [0.4, 0.5) is 8.78 Å². The molecule has 0 bridgehead atoms. The molecule has 3 rings (SSSR count). The molecular weight excluding hydrogens is 322 g/mol. The monoisotopic (exact) mass is 336 g/mol. The Morgan fingerprint density at radius 1 is 1.08 bits per heavy atom. The highest BCUT2D eigenvalue weighted by atomic mass is 19.1. The summed E-state index contributed by atoms with van der Waals surface area (Å²) in [5.74, 6) is -1.31. The first-order chi connectivity index (χ1) is 12.1. The summed E-state index contributed by atoms with van der Waals surface area (Å²) in [6.07, 6.45) is 2.37. The number of ether oxygens (including phenoxy) is 1. The lowest BCUT2D eigenvalue weighted by Crippen LogP contribution is -2.03. The van der Waals surface area contributed by atoms with E-state index in [1.54, 1.807) is 31.2 Å². The number of nitriles is 1. The van der Waals surface area contributed by atoms with Gasteiger partial charge in [-0.3, -0.25) is 4.98 Å². The van der Waals surface area contributed by atoms with Crippen molar-refractivity contribution < 1.29 is 13.5 Å². The maximum atomic E-state index is 15.5. The van der Waals surface area contributed by atoms with Gasteiger partial charge < -0.3 is 4.74 Å². The lowest BCUT2D eigenvalue weighted by Gasteiger charge is -2.18. The van der Waals surface area contributed by atoms with Gasteiger partial charge in [0.15, 0.2) is 0 Å². The Kier molecular flexibility index (Phi) is 4.44. The molecule has 0 amide bonds. The molecule has 0 aliphatic heterocycles. The molecule has 2 aromatic carbocycles. The minimum atomic E-state index is -0.688. The predicted octanol–water partition coefficient (Wildman–Crippen LogP) is 4.88. The van der Waals surface area contributed by atoms with Gasteiger partial charge in [0.05, 0.1) is 24.4 Å². The molecule has 0 atom stereocenters. The highest BCUT2D eigenvalue weighted by Gasteiger charge is 2.26. The van der Waals surface area contributed by atoms with E-state index in [9.17, 15) is 9.65 Å². The summed E-state index contributed by atoms with van der Waals surface area (Å²) < 4.78 is 35.0. The van der Waals surface area contributed by atoms with Gasteiger partial charge in [0.25, 0.3) is 0 Å². The number of benzene rings is 2. The number of aromatic nitrogens is 1. The molecule has 0 radical (unpaired) electrons. The third kappa shape index (κ3) is 2.72. The van der Waals surface area contributed by atoms with Crippen LogP contribution in [0.2, 0.25) is 0 Å². The number of hydrogen-bond donors (Lipinski definition) is 0. The van der Waals surface area contributed by atoms with Crippen molar-refractivity contribution in [2.24, 2.45) is 0 Å². The van der Waals surface area contributed by atoms with Crippen LogP contribution in [0.1, 0.15) is 11.1 Å². The van der Waals surface area contributed by atoms with E-state index in [0.29, 0.717) is 11.1 Å². The number of rotatable bonds is 3.